The molecule has 0 aliphatic carbocycles. The lowest BCUT2D eigenvalue weighted by Gasteiger charge is -2.33. The second kappa shape index (κ2) is 4.39. The normalized spacial score (nSPS) is 39.0. The van der Waals surface area contributed by atoms with Crippen LogP contribution < -0.4 is 0 Å². The van der Waals surface area contributed by atoms with E-state index in [1.54, 1.807) is 0 Å². The van der Waals surface area contributed by atoms with E-state index in [-0.39, 0.29) is 0 Å². The van der Waals surface area contributed by atoms with Crippen LogP contribution in [0.4, 0.5) is 0 Å². The summed E-state index contributed by atoms with van der Waals surface area (Å²) in [5.41, 5.74) is 0. The van der Waals surface area contributed by atoms with Crippen LogP contribution in [-0.4, -0.2) is 11.0 Å². The molecule has 1 aliphatic rings. The molecule has 0 saturated carbocycles. The van der Waals surface area contributed by atoms with E-state index in [9.17, 15) is 0 Å². The van der Waals surface area contributed by atoms with Crippen molar-refractivity contribution in [1.29, 1.82) is 0 Å². The first kappa shape index (κ1) is 9.44. The summed E-state index contributed by atoms with van der Waals surface area (Å²) in [6, 6.07) is 0. The Bertz CT molecular complexity index is 111. The number of thioether (sulfide) groups is 1. The fourth-order valence-corrected chi connectivity index (χ4v) is 3.53. The Hall–Kier alpha value is 0.350. The van der Waals surface area contributed by atoms with Gasteiger partial charge < -0.3 is 0 Å². The summed E-state index contributed by atoms with van der Waals surface area (Å²) in [4.78, 5) is 0. The highest BCUT2D eigenvalue weighted by Crippen LogP contribution is 2.36. The predicted molar refractivity (Wildman–Crippen MR) is 54.1 cm³/mol. The highest BCUT2D eigenvalue weighted by Gasteiger charge is 2.25. The molecule has 1 saturated heterocycles. The zero-order valence-corrected chi connectivity index (χ0v) is 8.79. The molecule has 1 heteroatoms. The molecular weight excluding hydrogens is 152 g/mol. The monoisotopic (exact) mass is 172 g/mol. The minimum absolute atomic E-state index is 0.919. The Morgan fingerprint density at radius 1 is 1.18 bits per heavy atom. The highest BCUT2D eigenvalue weighted by molar-refractivity contribution is 7.99. The van der Waals surface area contributed by atoms with Gasteiger partial charge in [0, 0.05) is 5.25 Å². The SMILES string of the molecule is CC[C@@H]1CSC(C)C[C@@H]1CC. The van der Waals surface area contributed by atoms with Crippen LogP contribution in [0.5, 0.6) is 0 Å². The third-order valence-electron chi connectivity index (χ3n) is 2.94. The first-order valence-corrected chi connectivity index (χ1v) is 5.94. The van der Waals surface area contributed by atoms with E-state index >= 15 is 0 Å². The first-order valence-electron chi connectivity index (χ1n) is 4.89. The summed E-state index contributed by atoms with van der Waals surface area (Å²) in [6.07, 6.45) is 4.24. The van der Waals surface area contributed by atoms with Crippen molar-refractivity contribution < 1.29 is 0 Å². The van der Waals surface area contributed by atoms with Crippen LogP contribution in [0, 0.1) is 11.8 Å². The van der Waals surface area contributed by atoms with Crippen LogP contribution in [0.15, 0.2) is 0 Å². The van der Waals surface area contributed by atoms with E-state index in [1.165, 1.54) is 25.0 Å². The standard InChI is InChI=1S/C10H20S/c1-4-9-6-8(3)11-7-10(9)5-2/h8-10H,4-7H2,1-3H3/t8?,9-,10+/m0/s1. The lowest BCUT2D eigenvalue weighted by atomic mass is 9.85. The Balaban J connectivity index is 2.41. The molecule has 1 fully saturated rings. The average molecular weight is 172 g/mol. The largest absolute Gasteiger partial charge is 0.159 e. The van der Waals surface area contributed by atoms with Crippen LogP contribution in [-0.2, 0) is 0 Å². The van der Waals surface area contributed by atoms with Gasteiger partial charge in [0.1, 0.15) is 0 Å². The van der Waals surface area contributed by atoms with Crippen molar-refractivity contribution in [3.63, 3.8) is 0 Å². The summed E-state index contributed by atoms with van der Waals surface area (Å²) < 4.78 is 0. The number of rotatable bonds is 2. The molecule has 0 aromatic heterocycles. The Morgan fingerprint density at radius 2 is 1.82 bits per heavy atom. The minimum Gasteiger partial charge on any atom is -0.159 e. The maximum absolute atomic E-state index is 2.37. The smallest absolute Gasteiger partial charge is 0.00215 e. The summed E-state index contributed by atoms with van der Waals surface area (Å²) in [5, 5.41) is 0.919. The maximum Gasteiger partial charge on any atom is 0.00215 e. The minimum atomic E-state index is 0.919. The van der Waals surface area contributed by atoms with Gasteiger partial charge >= 0.3 is 0 Å². The Labute approximate surface area is 75.1 Å². The van der Waals surface area contributed by atoms with Gasteiger partial charge in [-0.25, -0.2) is 0 Å². The number of hydrogen-bond donors (Lipinski definition) is 0. The van der Waals surface area contributed by atoms with Gasteiger partial charge in [0.05, 0.1) is 0 Å². The summed E-state index contributed by atoms with van der Waals surface area (Å²) in [5.74, 6) is 3.45. The van der Waals surface area contributed by atoms with Gasteiger partial charge in [-0.1, -0.05) is 33.6 Å². The molecule has 1 unspecified atom stereocenters. The summed E-state index contributed by atoms with van der Waals surface area (Å²) >= 11 is 2.17. The van der Waals surface area contributed by atoms with Gasteiger partial charge in [0.15, 0.2) is 0 Å². The molecule has 66 valence electrons. The van der Waals surface area contributed by atoms with E-state index in [1.807, 2.05) is 0 Å². The summed E-state index contributed by atoms with van der Waals surface area (Å²) in [6.45, 7) is 7.05. The zero-order valence-electron chi connectivity index (χ0n) is 7.97. The van der Waals surface area contributed by atoms with Crippen molar-refractivity contribution in [3.8, 4) is 0 Å². The Morgan fingerprint density at radius 3 is 2.36 bits per heavy atom. The molecule has 0 aromatic carbocycles. The molecule has 0 nitrogen and oxygen atoms in total. The topological polar surface area (TPSA) is 0 Å². The highest BCUT2D eigenvalue weighted by atomic mass is 32.2. The van der Waals surface area contributed by atoms with Crippen molar-refractivity contribution in [3.05, 3.63) is 0 Å². The van der Waals surface area contributed by atoms with Crippen molar-refractivity contribution >= 4 is 11.8 Å². The molecule has 0 radical (unpaired) electrons. The van der Waals surface area contributed by atoms with Crippen LogP contribution in [0.2, 0.25) is 0 Å². The Kier molecular flexibility index (Phi) is 3.77. The van der Waals surface area contributed by atoms with Crippen molar-refractivity contribution in [2.45, 2.75) is 45.3 Å². The molecule has 1 aliphatic heterocycles. The molecule has 1 heterocycles. The van der Waals surface area contributed by atoms with Gasteiger partial charge in [0.2, 0.25) is 0 Å². The quantitative estimate of drug-likeness (QED) is 0.613. The van der Waals surface area contributed by atoms with Crippen LogP contribution in [0.25, 0.3) is 0 Å². The first-order chi connectivity index (χ1) is 5.27. The van der Waals surface area contributed by atoms with Gasteiger partial charge in [-0.2, -0.15) is 11.8 Å². The molecule has 0 N–H and O–H groups in total. The molecule has 0 spiro atoms. The van der Waals surface area contributed by atoms with E-state index in [4.69, 9.17) is 0 Å². The molecule has 3 atom stereocenters. The third-order valence-corrected chi connectivity index (χ3v) is 4.33. The predicted octanol–water partition coefficient (Wildman–Crippen LogP) is 3.56. The van der Waals surface area contributed by atoms with E-state index in [2.05, 4.69) is 32.5 Å². The van der Waals surface area contributed by atoms with Crippen LogP contribution in [0.3, 0.4) is 0 Å². The zero-order chi connectivity index (χ0) is 8.27. The summed E-state index contributed by atoms with van der Waals surface area (Å²) in [7, 11) is 0. The van der Waals surface area contributed by atoms with E-state index in [0.717, 1.165) is 17.1 Å². The van der Waals surface area contributed by atoms with Gasteiger partial charge in [-0.3, -0.25) is 0 Å². The molecular formula is C10H20S. The van der Waals surface area contributed by atoms with Crippen molar-refractivity contribution in [2.75, 3.05) is 5.75 Å². The van der Waals surface area contributed by atoms with Crippen molar-refractivity contribution in [1.82, 2.24) is 0 Å². The lowest BCUT2D eigenvalue weighted by molar-refractivity contribution is 0.312. The average Bonchev–Trinajstić information content (AvgIpc) is 2.04. The molecule has 11 heavy (non-hydrogen) atoms. The number of hydrogen-bond acceptors (Lipinski definition) is 1. The molecule has 0 amide bonds. The fraction of sp³-hybridized carbons (Fsp3) is 1.00. The van der Waals surface area contributed by atoms with Gasteiger partial charge in [-0.15, -0.1) is 0 Å². The van der Waals surface area contributed by atoms with Gasteiger partial charge in [-0.05, 0) is 24.0 Å². The molecule has 1 rings (SSSR count). The maximum atomic E-state index is 2.37. The van der Waals surface area contributed by atoms with Crippen LogP contribution >= 0.6 is 11.8 Å². The van der Waals surface area contributed by atoms with Crippen molar-refractivity contribution in [2.24, 2.45) is 11.8 Å². The second-order valence-corrected chi connectivity index (χ2v) is 5.19. The van der Waals surface area contributed by atoms with Crippen LogP contribution in [0.1, 0.15) is 40.0 Å². The molecule has 0 bridgehead atoms. The fourth-order valence-electron chi connectivity index (χ4n) is 2.06. The third kappa shape index (κ3) is 2.40. The van der Waals surface area contributed by atoms with E-state index < -0.39 is 0 Å². The molecule has 0 aromatic rings. The van der Waals surface area contributed by atoms with Gasteiger partial charge in [0.25, 0.3) is 0 Å². The lowest BCUT2D eigenvalue weighted by Crippen LogP contribution is -2.25. The second-order valence-electron chi connectivity index (χ2n) is 3.72. The van der Waals surface area contributed by atoms with E-state index in [0.29, 0.717) is 0 Å².